The molecule has 0 heterocycles. The molecule has 0 saturated carbocycles. The highest BCUT2D eigenvalue weighted by atomic mass is 31.2. The zero-order valence-electron chi connectivity index (χ0n) is 39.6. The van der Waals surface area contributed by atoms with E-state index in [2.05, 4.69) is 36.4 Å². The number of phosphoric ester groups is 1. The minimum atomic E-state index is -4.94. The molecule has 2 rings (SSSR count). The van der Waals surface area contributed by atoms with Gasteiger partial charge in [0.2, 0.25) is 47.3 Å². The molecule has 0 aliphatic heterocycles. The number of phosphoric acid groups is 1. The number of methoxy groups -OCH3 is 2. The predicted octanol–water partition coefficient (Wildman–Crippen LogP) is -0.961. The highest BCUT2D eigenvalue weighted by Gasteiger charge is 2.36. The summed E-state index contributed by atoms with van der Waals surface area (Å²) in [5, 5.41) is 36.5. The lowest BCUT2D eigenvalue weighted by atomic mass is 9.96. The lowest BCUT2D eigenvalue weighted by molar-refractivity contribution is -0.385. The largest absolute Gasteiger partial charge is 0.524 e. The minimum Gasteiger partial charge on any atom is -0.493 e. The van der Waals surface area contributed by atoms with Crippen LogP contribution in [0.15, 0.2) is 36.4 Å². The van der Waals surface area contributed by atoms with Gasteiger partial charge >= 0.3 is 13.8 Å². The van der Waals surface area contributed by atoms with Crippen LogP contribution in [0, 0.1) is 16.0 Å². The van der Waals surface area contributed by atoms with Gasteiger partial charge in [0, 0.05) is 26.7 Å². The van der Waals surface area contributed by atoms with Crippen molar-refractivity contribution in [3.05, 3.63) is 57.6 Å². The van der Waals surface area contributed by atoms with Gasteiger partial charge in [0.25, 0.3) is 5.69 Å². The van der Waals surface area contributed by atoms with Crippen molar-refractivity contribution in [1.82, 2.24) is 36.8 Å². The first-order valence-corrected chi connectivity index (χ1v) is 22.9. The van der Waals surface area contributed by atoms with Crippen molar-refractivity contribution in [2.24, 2.45) is 11.7 Å². The molecule has 386 valence electrons. The van der Waals surface area contributed by atoms with E-state index < -0.39 is 140 Å². The van der Waals surface area contributed by atoms with E-state index >= 15 is 0 Å². The summed E-state index contributed by atoms with van der Waals surface area (Å²) in [5.41, 5.74) is 4.80. The number of amides is 8. The van der Waals surface area contributed by atoms with Gasteiger partial charge in [-0.05, 0) is 49.9 Å². The van der Waals surface area contributed by atoms with Crippen molar-refractivity contribution in [3.63, 3.8) is 0 Å². The summed E-state index contributed by atoms with van der Waals surface area (Å²) >= 11 is 0. The average molecular weight is 1010 g/mol. The topological polar surface area (TPSA) is 404 Å². The van der Waals surface area contributed by atoms with Crippen molar-refractivity contribution in [3.8, 4) is 17.2 Å². The Morgan fingerprint density at radius 2 is 1.36 bits per heavy atom. The van der Waals surface area contributed by atoms with Crippen molar-refractivity contribution < 1.29 is 81.5 Å². The molecule has 2 aromatic rings. The first kappa shape index (κ1) is 58.7. The Morgan fingerprint density at radius 1 is 0.800 bits per heavy atom. The van der Waals surface area contributed by atoms with Crippen LogP contribution in [0.3, 0.4) is 0 Å². The van der Waals surface area contributed by atoms with E-state index in [0.717, 1.165) is 24.8 Å². The van der Waals surface area contributed by atoms with Crippen molar-refractivity contribution in [1.29, 1.82) is 0 Å². The van der Waals surface area contributed by atoms with E-state index in [9.17, 15) is 72.7 Å². The minimum absolute atomic E-state index is 0.0157. The first-order valence-electron chi connectivity index (χ1n) is 21.4. The molecular weight excluding hydrogens is 949 g/mol. The summed E-state index contributed by atoms with van der Waals surface area (Å²) in [6, 6.07) is -1.35. The fourth-order valence-electron chi connectivity index (χ4n) is 6.69. The average Bonchev–Trinajstić information content (AvgIpc) is 3.26. The molecule has 0 aromatic heterocycles. The zero-order chi connectivity index (χ0) is 53.2. The molecule has 0 aliphatic rings. The number of aliphatic carboxylic acids is 1. The number of hydrogen-bond acceptors (Lipinski definition) is 15. The number of rotatable bonds is 28. The third-order valence-electron chi connectivity index (χ3n) is 10.4. The maximum absolute atomic E-state index is 14.5. The fraction of sp³-hybridized carbons (Fsp3) is 0.500. The quantitative estimate of drug-likeness (QED) is 0.0279. The summed E-state index contributed by atoms with van der Waals surface area (Å²) in [5.74, 6) is -9.76. The smallest absolute Gasteiger partial charge is 0.493 e. The van der Waals surface area contributed by atoms with Crippen molar-refractivity contribution >= 4 is 66.7 Å². The molecular formula is C42H60N9O18P. The molecule has 0 bridgehead atoms. The standard InChI is InChI=1S/C42H60N9O18P/c1-9-21(2)36(40(59)49-37(22(3)44-24(5)52)41(60)45-23(4)38(43)57)48-39(58)29(14-15-35(55)56)47-34(54)20-50(19-27-17-32(67-7)33(68-8)18-31(27)51(62)63)42(61)30(46-25(6)53)16-26-10-12-28(13-11-26)69-70(64,65)66/h10-13,17-18,21-23,29-30,36-37H,9,14-16,19-20H2,1-8H3,(H2,43,57)(H,44,52)(H,45,60)(H,46,53)(H,47,54)(H,48,58)(H,49,59)(H,55,56)(H2,64,65,66)/t21-,22+,23-,29-,30-,36-,37-/m0/s1. The molecule has 0 fully saturated rings. The molecule has 0 unspecified atom stereocenters. The maximum atomic E-state index is 14.5. The van der Waals surface area contributed by atoms with Crippen LogP contribution in [0.2, 0.25) is 0 Å². The van der Waals surface area contributed by atoms with Crippen LogP contribution < -0.4 is 51.6 Å². The fourth-order valence-corrected chi connectivity index (χ4v) is 7.09. The van der Waals surface area contributed by atoms with Crippen LogP contribution in [-0.2, 0) is 60.7 Å². The van der Waals surface area contributed by atoms with Gasteiger partial charge in [0.05, 0.1) is 49.9 Å². The van der Waals surface area contributed by atoms with E-state index in [1.165, 1.54) is 58.4 Å². The van der Waals surface area contributed by atoms with E-state index in [-0.39, 0.29) is 35.7 Å². The van der Waals surface area contributed by atoms with Crippen molar-refractivity contribution in [2.45, 2.75) is 110 Å². The molecule has 0 aliphatic carbocycles. The van der Waals surface area contributed by atoms with Gasteiger partial charge in [-0.1, -0.05) is 32.4 Å². The van der Waals surface area contributed by atoms with E-state index in [4.69, 9.17) is 15.2 Å². The molecule has 28 heteroatoms. The van der Waals surface area contributed by atoms with Gasteiger partial charge < -0.3 is 61.6 Å². The summed E-state index contributed by atoms with van der Waals surface area (Å²) in [6.07, 6.45) is -1.37. The van der Waals surface area contributed by atoms with E-state index in [1.807, 2.05) is 0 Å². The Labute approximate surface area is 401 Å². The molecule has 2 aromatic carbocycles. The Hall–Kier alpha value is -7.38. The number of carboxylic acids is 1. The second-order valence-electron chi connectivity index (χ2n) is 16.0. The highest BCUT2D eigenvalue weighted by Crippen LogP contribution is 2.38. The van der Waals surface area contributed by atoms with Crippen LogP contribution in [0.1, 0.15) is 71.9 Å². The number of nitro groups is 1. The van der Waals surface area contributed by atoms with E-state index in [0.29, 0.717) is 5.56 Å². The number of benzene rings is 2. The van der Waals surface area contributed by atoms with Gasteiger partial charge in [-0.15, -0.1) is 0 Å². The molecule has 8 amide bonds. The third-order valence-corrected chi connectivity index (χ3v) is 10.9. The number of nitrogens with one attached hydrogen (secondary N) is 6. The van der Waals surface area contributed by atoms with Crippen LogP contribution in [0.5, 0.6) is 17.2 Å². The number of carboxylic acid groups (broad SMARTS) is 1. The summed E-state index contributed by atoms with van der Waals surface area (Å²) in [4.78, 5) is 148. The number of nitrogens with two attached hydrogens (primary N) is 1. The Bertz CT molecular complexity index is 2310. The monoisotopic (exact) mass is 1010 g/mol. The van der Waals surface area contributed by atoms with Crippen LogP contribution >= 0.6 is 7.82 Å². The number of primary amides is 1. The number of nitrogens with zero attached hydrogens (tertiary/aromatic N) is 2. The second kappa shape index (κ2) is 27.0. The van der Waals surface area contributed by atoms with Gasteiger partial charge in [-0.2, -0.15) is 0 Å². The summed E-state index contributed by atoms with van der Waals surface area (Å²) < 4.78 is 26.4. The van der Waals surface area contributed by atoms with E-state index in [1.54, 1.807) is 13.8 Å². The number of nitro benzene ring substituents is 1. The lowest BCUT2D eigenvalue weighted by Gasteiger charge is -2.31. The molecule has 0 saturated heterocycles. The number of carbonyl (C=O) groups is 9. The van der Waals surface area contributed by atoms with Gasteiger partial charge in [-0.25, -0.2) is 4.57 Å². The van der Waals surface area contributed by atoms with Crippen LogP contribution in [0.25, 0.3) is 0 Å². The zero-order valence-corrected chi connectivity index (χ0v) is 40.5. The SMILES string of the molecule is CC[C@H](C)[C@H](NC(=O)[C@H](CCC(=O)O)NC(=O)CN(Cc1cc(OC)c(OC)cc1[N+](=O)[O-])C(=O)[C@H](Cc1ccc(OP(=O)(O)O)cc1)NC(C)=O)C(=O)N[C@H](C(=O)N[C@@H](C)C(N)=O)[C@@H](C)NC(C)=O. The number of hydrogen-bond donors (Lipinski definition) is 10. The normalized spacial score (nSPS) is 14.0. The summed E-state index contributed by atoms with van der Waals surface area (Å²) in [7, 11) is -2.49. The van der Waals surface area contributed by atoms with Crippen molar-refractivity contribution in [2.75, 3.05) is 20.8 Å². The lowest BCUT2D eigenvalue weighted by Crippen LogP contribution is -2.63. The number of carbonyl (C=O) groups excluding carboxylic acids is 8. The molecule has 11 N–H and O–H groups in total. The van der Waals surface area contributed by atoms with Crippen LogP contribution in [0.4, 0.5) is 5.69 Å². The Balaban J connectivity index is 2.64. The summed E-state index contributed by atoms with van der Waals surface area (Å²) in [6.45, 7) is 6.40. The highest BCUT2D eigenvalue weighted by molar-refractivity contribution is 7.46. The van der Waals surface area contributed by atoms with Gasteiger partial charge in [0.1, 0.15) is 36.0 Å². The first-order chi connectivity index (χ1) is 32.6. The maximum Gasteiger partial charge on any atom is 0.524 e. The second-order valence-corrected chi connectivity index (χ2v) is 17.2. The molecule has 7 atom stereocenters. The molecule has 70 heavy (non-hydrogen) atoms. The third kappa shape index (κ3) is 19.0. The molecule has 0 radical (unpaired) electrons. The predicted molar refractivity (Wildman–Crippen MR) is 244 cm³/mol. The Kier molecular flexibility index (Phi) is 22.6. The molecule has 27 nitrogen and oxygen atoms in total. The van der Waals surface area contributed by atoms with Gasteiger partial charge in [-0.3, -0.25) is 63.1 Å². The van der Waals surface area contributed by atoms with Gasteiger partial charge in [0.15, 0.2) is 11.5 Å². The van der Waals surface area contributed by atoms with Crippen LogP contribution in [-0.4, -0.2) is 135 Å². The number of ether oxygens (including phenoxy) is 2. The Morgan fingerprint density at radius 3 is 1.86 bits per heavy atom. The molecule has 0 spiro atoms.